The van der Waals surface area contributed by atoms with Crippen molar-refractivity contribution in [1.29, 1.82) is 0 Å². The Balaban J connectivity index is 1.95. The van der Waals surface area contributed by atoms with Crippen molar-refractivity contribution in [2.24, 2.45) is 0 Å². The summed E-state index contributed by atoms with van der Waals surface area (Å²) in [5, 5.41) is 0. The number of esters is 1. The summed E-state index contributed by atoms with van der Waals surface area (Å²) in [6.07, 6.45) is 2.78. The number of benzene rings is 1. The van der Waals surface area contributed by atoms with E-state index < -0.39 is 16.0 Å². The van der Waals surface area contributed by atoms with Crippen LogP contribution < -0.4 is 0 Å². The molecule has 1 aliphatic carbocycles. The molecule has 0 unspecified atom stereocenters. The minimum atomic E-state index is -3.71. The first-order valence-corrected chi connectivity index (χ1v) is 9.80. The zero-order chi connectivity index (χ0) is 19.1. The summed E-state index contributed by atoms with van der Waals surface area (Å²) in [5.74, 6) is -0.450. The van der Waals surface area contributed by atoms with Crippen molar-refractivity contribution < 1.29 is 22.4 Å². The van der Waals surface area contributed by atoms with Crippen molar-refractivity contribution >= 4 is 16.0 Å². The SMILES string of the molecule is COC(=O)c1coc(CN(C2CC2)S(=O)(=O)c2c(C)cc(C)cc2C)n1. The van der Waals surface area contributed by atoms with Gasteiger partial charge in [-0.05, 0) is 44.7 Å². The highest BCUT2D eigenvalue weighted by molar-refractivity contribution is 7.89. The molecular weight excluding hydrogens is 356 g/mol. The minimum Gasteiger partial charge on any atom is -0.464 e. The molecule has 1 saturated carbocycles. The Morgan fingerprint density at radius 3 is 2.42 bits per heavy atom. The standard InChI is InChI=1S/C18H22N2O5S/c1-11-7-12(2)17(13(3)8-11)26(22,23)20(14-5-6-14)9-16-19-15(10-25-16)18(21)24-4/h7-8,10,14H,5-6,9H2,1-4H3. The van der Waals surface area contributed by atoms with Gasteiger partial charge in [-0.2, -0.15) is 4.31 Å². The molecule has 0 atom stereocenters. The second kappa shape index (κ2) is 6.85. The highest BCUT2D eigenvalue weighted by Gasteiger charge is 2.40. The molecule has 1 fully saturated rings. The van der Waals surface area contributed by atoms with Gasteiger partial charge >= 0.3 is 5.97 Å². The largest absolute Gasteiger partial charge is 0.464 e. The van der Waals surface area contributed by atoms with Gasteiger partial charge in [0.2, 0.25) is 15.9 Å². The second-order valence-corrected chi connectivity index (χ2v) is 8.45. The number of rotatable bonds is 6. The number of oxazole rings is 1. The molecule has 0 amide bonds. The van der Waals surface area contributed by atoms with Gasteiger partial charge in [0, 0.05) is 6.04 Å². The van der Waals surface area contributed by atoms with Gasteiger partial charge in [-0.3, -0.25) is 0 Å². The third-order valence-corrected chi connectivity index (χ3v) is 6.57. The highest BCUT2D eigenvalue weighted by atomic mass is 32.2. The number of ether oxygens (including phenoxy) is 1. The third kappa shape index (κ3) is 3.52. The Morgan fingerprint density at radius 2 is 1.88 bits per heavy atom. The van der Waals surface area contributed by atoms with E-state index in [4.69, 9.17) is 4.42 Å². The first-order valence-electron chi connectivity index (χ1n) is 8.36. The molecule has 0 aliphatic heterocycles. The van der Waals surface area contributed by atoms with Crippen molar-refractivity contribution in [3.8, 4) is 0 Å². The summed E-state index contributed by atoms with van der Waals surface area (Å²) >= 11 is 0. The molecule has 0 saturated heterocycles. The lowest BCUT2D eigenvalue weighted by Crippen LogP contribution is -2.33. The van der Waals surface area contributed by atoms with Gasteiger partial charge in [0.05, 0.1) is 18.6 Å². The molecule has 1 aromatic carbocycles. The van der Waals surface area contributed by atoms with Crippen LogP contribution in [0.3, 0.4) is 0 Å². The number of sulfonamides is 1. The number of methoxy groups -OCH3 is 1. The van der Waals surface area contributed by atoms with Crippen molar-refractivity contribution in [2.75, 3.05) is 7.11 Å². The fraction of sp³-hybridized carbons (Fsp3) is 0.444. The van der Waals surface area contributed by atoms with Crippen LogP contribution in [0.25, 0.3) is 0 Å². The molecule has 7 nitrogen and oxygen atoms in total. The first-order chi connectivity index (χ1) is 12.2. The van der Waals surface area contributed by atoms with Crippen LogP contribution in [0, 0.1) is 20.8 Å². The van der Waals surface area contributed by atoms with Gasteiger partial charge in [-0.15, -0.1) is 0 Å². The fourth-order valence-corrected chi connectivity index (χ4v) is 5.23. The normalized spacial score (nSPS) is 14.7. The molecule has 8 heteroatoms. The molecule has 0 spiro atoms. The Hall–Kier alpha value is -2.19. The van der Waals surface area contributed by atoms with Gasteiger partial charge < -0.3 is 9.15 Å². The van der Waals surface area contributed by atoms with Gasteiger partial charge in [-0.1, -0.05) is 17.7 Å². The Labute approximate surface area is 153 Å². The van der Waals surface area contributed by atoms with Crippen LogP contribution in [-0.4, -0.2) is 36.8 Å². The zero-order valence-corrected chi connectivity index (χ0v) is 16.1. The van der Waals surface area contributed by atoms with Gasteiger partial charge in [0.25, 0.3) is 0 Å². The fourth-order valence-electron chi connectivity index (χ4n) is 3.18. The molecule has 0 radical (unpaired) electrons. The second-order valence-electron chi connectivity index (χ2n) is 6.63. The lowest BCUT2D eigenvalue weighted by atomic mass is 10.1. The summed E-state index contributed by atoms with van der Waals surface area (Å²) < 4.78 is 38.0. The molecule has 0 bridgehead atoms. The first kappa shape index (κ1) is 18.6. The van der Waals surface area contributed by atoms with Crippen LogP contribution in [0.5, 0.6) is 0 Å². The smallest absolute Gasteiger partial charge is 0.360 e. The van der Waals surface area contributed by atoms with Crippen molar-refractivity contribution in [2.45, 2.75) is 51.1 Å². The Bertz CT molecular complexity index is 921. The zero-order valence-electron chi connectivity index (χ0n) is 15.3. The van der Waals surface area contributed by atoms with Gasteiger partial charge in [-0.25, -0.2) is 18.2 Å². The number of carbonyl (C=O) groups is 1. The number of nitrogens with zero attached hydrogens (tertiary/aromatic N) is 2. The monoisotopic (exact) mass is 378 g/mol. The van der Waals surface area contributed by atoms with E-state index in [9.17, 15) is 13.2 Å². The highest BCUT2D eigenvalue weighted by Crippen LogP contribution is 2.35. The third-order valence-electron chi connectivity index (χ3n) is 4.36. The number of carbonyl (C=O) groups excluding carboxylic acids is 1. The maximum absolute atomic E-state index is 13.3. The van der Waals surface area contributed by atoms with E-state index in [-0.39, 0.29) is 24.2 Å². The lowest BCUT2D eigenvalue weighted by Gasteiger charge is -2.23. The molecule has 140 valence electrons. The molecule has 2 aromatic rings. The average molecular weight is 378 g/mol. The molecule has 3 rings (SSSR count). The van der Waals surface area contributed by atoms with Gasteiger partial charge in [0.1, 0.15) is 6.26 Å². The predicted molar refractivity (Wildman–Crippen MR) is 94.2 cm³/mol. The van der Waals surface area contributed by atoms with Crippen LogP contribution in [-0.2, 0) is 21.3 Å². The topological polar surface area (TPSA) is 89.7 Å². The number of aromatic nitrogens is 1. The number of hydrogen-bond acceptors (Lipinski definition) is 6. The minimum absolute atomic E-state index is 0.0171. The predicted octanol–water partition coefficient (Wildman–Crippen LogP) is 2.74. The molecule has 26 heavy (non-hydrogen) atoms. The summed E-state index contributed by atoms with van der Waals surface area (Å²) in [4.78, 5) is 15.9. The molecular formula is C18H22N2O5S. The van der Waals surface area contributed by atoms with Crippen LogP contribution in [0.4, 0.5) is 0 Å². The maximum atomic E-state index is 13.3. The summed E-state index contributed by atoms with van der Waals surface area (Å²) in [6, 6.07) is 3.66. The van der Waals surface area contributed by atoms with Crippen molar-refractivity contribution in [1.82, 2.24) is 9.29 Å². The van der Waals surface area contributed by atoms with Crippen LogP contribution >= 0.6 is 0 Å². The van der Waals surface area contributed by atoms with Crippen LogP contribution in [0.2, 0.25) is 0 Å². The molecule has 1 heterocycles. The summed E-state index contributed by atoms with van der Waals surface area (Å²) in [7, 11) is -2.46. The summed E-state index contributed by atoms with van der Waals surface area (Å²) in [5.41, 5.74) is 2.48. The van der Waals surface area contributed by atoms with E-state index in [2.05, 4.69) is 9.72 Å². The van der Waals surface area contributed by atoms with E-state index in [0.29, 0.717) is 4.90 Å². The number of hydrogen-bond donors (Lipinski definition) is 0. The molecule has 1 aromatic heterocycles. The number of aryl methyl sites for hydroxylation is 3. The van der Waals surface area contributed by atoms with Gasteiger partial charge in [0.15, 0.2) is 5.69 Å². The maximum Gasteiger partial charge on any atom is 0.360 e. The van der Waals surface area contributed by atoms with Crippen molar-refractivity contribution in [3.05, 3.63) is 46.7 Å². The molecule has 1 aliphatic rings. The van der Waals surface area contributed by atoms with E-state index in [1.807, 2.05) is 19.1 Å². The lowest BCUT2D eigenvalue weighted by molar-refractivity contribution is 0.0594. The molecule has 0 N–H and O–H groups in total. The van der Waals surface area contributed by atoms with E-state index in [0.717, 1.165) is 29.5 Å². The summed E-state index contributed by atoms with van der Waals surface area (Å²) in [6.45, 7) is 5.53. The Morgan fingerprint density at radius 1 is 1.27 bits per heavy atom. The Kier molecular flexibility index (Phi) is 4.90. The van der Waals surface area contributed by atoms with E-state index in [1.165, 1.54) is 17.7 Å². The van der Waals surface area contributed by atoms with Crippen LogP contribution in [0.1, 0.15) is 45.9 Å². The average Bonchev–Trinajstić information content (AvgIpc) is 3.28. The quantitative estimate of drug-likeness (QED) is 0.718. The van der Waals surface area contributed by atoms with Crippen LogP contribution in [0.15, 0.2) is 27.7 Å². The van der Waals surface area contributed by atoms with E-state index in [1.54, 1.807) is 13.8 Å². The van der Waals surface area contributed by atoms with Crippen molar-refractivity contribution in [3.63, 3.8) is 0 Å². The van der Waals surface area contributed by atoms with E-state index >= 15 is 0 Å².